The molecule has 7 heteroatoms. The third kappa shape index (κ3) is 4.58. The molecule has 1 unspecified atom stereocenters. The summed E-state index contributed by atoms with van der Waals surface area (Å²) in [7, 11) is 1.93. The first-order valence-corrected chi connectivity index (χ1v) is 8.40. The summed E-state index contributed by atoms with van der Waals surface area (Å²) < 4.78 is 37.6. The first kappa shape index (κ1) is 18.5. The number of hydrogen-bond donors (Lipinski definition) is 2. The number of thiophene rings is 1. The largest absolute Gasteiger partial charge is 0.416 e. The number of halogens is 3. The molecule has 2 aromatic rings. The van der Waals surface area contributed by atoms with Gasteiger partial charge in [0.05, 0.1) is 17.5 Å². The summed E-state index contributed by atoms with van der Waals surface area (Å²) in [5, 5.41) is 4.69. The van der Waals surface area contributed by atoms with E-state index in [4.69, 9.17) is 0 Å². The van der Waals surface area contributed by atoms with Crippen molar-refractivity contribution in [1.82, 2.24) is 0 Å². The van der Waals surface area contributed by atoms with Crippen molar-refractivity contribution in [2.45, 2.75) is 32.6 Å². The molecule has 0 radical (unpaired) electrons. The fraction of sp³-hybridized carbons (Fsp3) is 0.353. The van der Waals surface area contributed by atoms with Crippen LogP contribution in [0.4, 0.5) is 18.9 Å². The lowest BCUT2D eigenvalue weighted by Gasteiger charge is -2.21. The second-order valence-electron chi connectivity index (χ2n) is 5.84. The van der Waals surface area contributed by atoms with E-state index in [1.165, 1.54) is 22.6 Å². The summed E-state index contributed by atoms with van der Waals surface area (Å²) in [5.41, 5.74) is 0.833. The zero-order chi connectivity index (χ0) is 17.9. The molecule has 1 aromatic heterocycles. The number of hydrogen-bond acceptors (Lipinski definition) is 2. The van der Waals surface area contributed by atoms with Crippen molar-refractivity contribution in [3.63, 3.8) is 0 Å². The maximum Gasteiger partial charge on any atom is 0.416 e. The Hall–Kier alpha value is -1.86. The minimum Gasteiger partial charge on any atom is -0.323 e. The molecule has 0 aliphatic rings. The maximum atomic E-state index is 12.5. The predicted molar refractivity (Wildman–Crippen MR) is 89.2 cm³/mol. The van der Waals surface area contributed by atoms with Crippen LogP contribution in [-0.4, -0.2) is 19.0 Å². The van der Waals surface area contributed by atoms with Gasteiger partial charge < -0.3 is 10.2 Å². The van der Waals surface area contributed by atoms with E-state index in [0.29, 0.717) is 5.69 Å². The summed E-state index contributed by atoms with van der Waals surface area (Å²) in [6.45, 7) is 4.56. The Bertz CT molecular complexity index is 695. The van der Waals surface area contributed by atoms with Gasteiger partial charge in [-0.05, 0) is 55.1 Å². The monoisotopic (exact) mass is 357 g/mol. The van der Waals surface area contributed by atoms with E-state index in [1.54, 1.807) is 18.3 Å². The lowest BCUT2D eigenvalue weighted by atomic mass is 10.2. The maximum absolute atomic E-state index is 12.5. The van der Waals surface area contributed by atoms with Crippen molar-refractivity contribution < 1.29 is 22.9 Å². The van der Waals surface area contributed by atoms with Gasteiger partial charge in [0.2, 0.25) is 0 Å². The Morgan fingerprint density at radius 2 is 1.88 bits per heavy atom. The van der Waals surface area contributed by atoms with Crippen LogP contribution in [0.2, 0.25) is 0 Å². The third-order valence-corrected chi connectivity index (χ3v) is 5.04. The zero-order valence-electron chi connectivity index (χ0n) is 13.7. The second-order valence-corrected chi connectivity index (χ2v) is 6.84. The average Bonchev–Trinajstić information content (AvgIpc) is 2.91. The molecule has 0 spiro atoms. The molecule has 2 rings (SSSR count). The number of likely N-dealkylation sites (N-methyl/N-ethyl adjacent to an activating group) is 1. The Kier molecular flexibility index (Phi) is 5.66. The van der Waals surface area contributed by atoms with Gasteiger partial charge in [0, 0.05) is 5.69 Å². The second kappa shape index (κ2) is 7.36. The average molecular weight is 357 g/mol. The fourth-order valence-corrected chi connectivity index (χ4v) is 3.21. The Morgan fingerprint density at radius 1 is 1.25 bits per heavy atom. The molecular formula is C17H20F3N2OS+. The van der Waals surface area contributed by atoms with E-state index in [2.05, 4.69) is 5.32 Å². The van der Waals surface area contributed by atoms with Crippen LogP contribution in [0.1, 0.15) is 22.9 Å². The predicted octanol–water partition coefficient (Wildman–Crippen LogP) is 3.12. The van der Waals surface area contributed by atoms with Crippen LogP contribution in [-0.2, 0) is 17.5 Å². The molecule has 1 aromatic carbocycles. The van der Waals surface area contributed by atoms with Gasteiger partial charge in [-0.2, -0.15) is 13.2 Å². The molecule has 0 saturated heterocycles. The van der Waals surface area contributed by atoms with E-state index in [1.807, 2.05) is 25.4 Å². The number of alkyl halides is 3. The molecule has 2 atom stereocenters. The molecule has 0 fully saturated rings. The molecule has 130 valence electrons. The van der Waals surface area contributed by atoms with Crippen molar-refractivity contribution in [2.75, 3.05) is 12.4 Å². The molecule has 2 N–H and O–H groups in total. The number of aryl methyl sites for hydroxylation is 1. The molecule has 0 aliphatic carbocycles. The zero-order valence-corrected chi connectivity index (χ0v) is 14.5. The normalized spacial score (nSPS) is 14.2. The number of rotatable bonds is 5. The lowest BCUT2D eigenvalue weighted by Crippen LogP contribution is -3.12. The standard InChI is InChI=1S/C17H19F3N2OS/c1-11-8-9-24-15(11)10-22(3)12(2)16(23)21-14-6-4-13(5-7-14)17(18,19)20/h4-9,12H,10H2,1-3H3,(H,21,23)/p+1/t12-/m0/s1. The Morgan fingerprint density at radius 3 is 2.38 bits per heavy atom. The van der Waals surface area contributed by atoms with Crippen LogP contribution in [0.25, 0.3) is 0 Å². The van der Waals surface area contributed by atoms with Gasteiger partial charge in [-0.1, -0.05) is 0 Å². The molecule has 0 aliphatic heterocycles. The lowest BCUT2D eigenvalue weighted by molar-refractivity contribution is -0.907. The van der Waals surface area contributed by atoms with E-state index in [9.17, 15) is 18.0 Å². The fourth-order valence-electron chi connectivity index (χ4n) is 2.21. The van der Waals surface area contributed by atoms with Gasteiger partial charge in [0.1, 0.15) is 6.54 Å². The topological polar surface area (TPSA) is 33.5 Å². The minimum absolute atomic E-state index is 0.221. The molecular weight excluding hydrogens is 337 g/mol. The van der Waals surface area contributed by atoms with E-state index in [0.717, 1.165) is 23.6 Å². The van der Waals surface area contributed by atoms with Gasteiger partial charge >= 0.3 is 6.18 Å². The molecule has 0 bridgehead atoms. The number of quaternary nitrogens is 1. The number of benzene rings is 1. The highest BCUT2D eigenvalue weighted by atomic mass is 32.1. The van der Waals surface area contributed by atoms with E-state index < -0.39 is 11.7 Å². The number of amides is 1. The van der Waals surface area contributed by atoms with Crippen LogP contribution in [0.5, 0.6) is 0 Å². The molecule has 3 nitrogen and oxygen atoms in total. The van der Waals surface area contributed by atoms with E-state index >= 15 is 0 Å². The molecule has 0 saturated carbocycles. The molecule has 1 heterocycles. The highest BCUT2D eigenvalue weighted by Gasteiger charge is 2.30. The van der Waals surface area contributed by atoms with Crippen LogP contribution in [0.15, 0.2) is 35.7 Å². The number of anilines is 1. The first-order chi connectivity index (χ1) is 11.2. The van der Waals surface area contributed by atoms with Crippen LogP contribution in [0.3, 0.4) is 0 Å². The summed E-state index contributed by atoms with van der Waals surface area (Å²) in [5.74, 6) is -0.221. The van der Waals surface area contributed by atoms with Crippen LogP contribution in [0, 0.1) is 6.92 Å². The van der Waals surface area contributed by atoms with Gasteiger partial charge in [0.25, 0.3) is 5.91 Å². The van der Waals surface area contributed by atoms with Crippen LogP contribution >= 0.6 is 11.3 Å². The first-order valence-electron chi connectivity index (χ1n) is 7.52. The highest BCUT2D eigenvalue weighted by molar-refractivity contribution is 7.10. The Labute approximate surface area is 143 Å². The van der Waals surface area contributed by atoms with Crippen molar-refractivity contribution in [3.8, 4) is 0 Å². The van der Waals surface area contributed by atoms with Crippen LogP contribution < -0.4 is 10.2 Å². The number of carbonyl (C=O) groups excluding carboxylic acids is 1. The SMILES string of the molecule is Cc1ccsc1C[NH+](C)[C@@H](C)C(=O)Nc1ccc(C(F)(F)F)cc1. The summed E-state index contributed by atoms with van der Waals surface area (Å²) in [6.07, 6.45) is -4.38. The molecule has 24 heavy (non-hydrogen) atoms. The summed E-state index contributed by atoms with van der Waals surface area (Å²) in [6, 6.07) is 6.19. The van der Waals surface area contributed by atoms with Gasteiger partial charge in [0.15, 0.2) is 6.04 Å². The van der Waals surface area contributed by atoms with E-state index in [-0.39, 0.29) is 11.9 Å². The minimum atomic E-state index is -4.38. The number of carbonyl (C=O) groups is 1. The quantitative estimate of drug-likeness (QED) is 0.847. The number of nitrogens with one attached hydrogen (secondary N) is 2. The van der Waals surface area contributed by atoms with Crippen molar-refractivity contribution in [3.05, 3.63) is 51.7 Å². The van der Waals surface area contributed by atoms with Gasteiger partial charge in [-0.25, -0.2) is 0 Å². The smallest absolute Gasteiger partial charge is 0.323 e. The summed E-state index contributed by atoms with van der Waals surface area (Å²) >= 11 is 1.66. The van der Waals surface area contributed by atoms with Gasteiger partial charge in [-0.3, -0.25) is 4.79 Å². The van der Waals surface area contributed by atoms with Crippen molar-refractivity contribution >= 4 is 22.9 Å². The highest BCUT2D eigenvalue weighted by Crippen LogP contribution is 2.29. The summed E-state index contributed by atoms with van der Waals surface area (Å²) in [4.78, 5) is 14.5. The molecule has 1 amide bonds. The van der Waals surface area contributed by atoms with Gasteiger partial charge in [-0.15, -0.1) is 11.3 Å². The van der Waals surface area contributed by atoms with Crippen molar-refractivity contribution in [2.24, 2.45) is 0 Å². The van der Waals surface area contributed by atoms with Crippen molar-refractivity contribution in [1.29, 1.82) is 0 Å². The third-order valence-electron chi connectivity index (χ3n) is 4.02. The Balaban J connectivity index is 1.97.